The summed E-state index contributed by atoms with van der Waals surface area (Å²) in [6, 6.07) is 4.24. The van der Waals surface area contributed by atoms with Crippen LogP contribution < -0.4 is 16.6 Å². The largest absolute Gasteiger partial charge is 0.456 e. The number of hydrogen-bond donors (Lipinski definition) is 1. The molecular weight excluding hydrogens is 379 g/mol. The smallest absolute Gasteiger partial charge is 0.416 e. The first kappa shape index (κ1) is 18.1. The third-order valence-electron chi connectivity index (χ3n) is 5.01. The van der Waals surface area contributed by atoms with Crippen LogP contribution in [0.4, 0.5) is 19.0 Å². The lowest BCUT2D eigenvalue weighted by atomic mass is 9.82. The van der Waals surface area contributed by atoms with Crippen molar-refractivity contribution in [1.29, 1.82) is 0 Å². The Kier molecular flexibility index (Phi) is 3.78. The number of benzene rings is 1. The summed E-state index contributed by atoms with van der Waals surface area (Å²) in [6.45, 7) is -0.0753. The SMILES string of the molecule is Cn1c2c(c(=O)n(C)c1=O)[C@@H](c1ccc(C(F)(F)F)cc1)C1=C(COC1=O)N2. The summed E-state index contributed by atoms with van der Waals surface area (Å²) in [5.74, 6) is -1.42. The highest BCUT2D eigenvalue weighted by atomic mass is 19.4. The molecule has 146 valence electrons. The second-order valence-corrected chi connectivity index (χ2v) is 6.61. The number of halogens is 3. The molecule has 0 saturated carbocycles. The van der Waals surface area contributed by atoms with Crippen molar-refractivity contribution in [3.8, 4) is 0 Å². The highest BCUT2D eigenvalue weighted by molar-refractivity contribution is 5.96. The van der Waals surface area contributed by atoms with Crippen LogP contribution in [0.25, 0.3) is 0 Å². The lowest BCUT2D eigenvalue weighted by Crippen LogP contribution is -2.43. The minimum Gasteiger partial charge on any atom is -0.456 e. The zero-order valence-corrected chi connectivity index (χ0v) is 14.8. The predicted molar refractivity (Wildman–Crippen MR) is 91.8 cm³/mol. The molecule has 0 spiro atoms. The molecule has 0 fully saturated rings. The number of nitrogens with one attached hydrogen (secondary N) is 1. The monoisotopic (exact) mass is 393 g/mol. The van der Waals surface area contributed by atoms with Gasteiger partial charge in [0.05, 0.1) is 28.3 Å². The maximum absolute atomic E-state index is 12.9. The fourth-order valence-electron chi connectivity index (χ4n) is 3.58. The lowest BCUT2D eigenvalue weighted by molar-refractivity contribution is -0.138. The van der Waals surface area contributed by atoms with Crippen LogP contribution in [-0.2, 0) is 29.8 Å². The average Bonchev–Trinajstić information content (AvgIpc) is 3.03. The first-order chi connectivity index (χ1) is 13.1. The van der Waals surface area contributed by atoms with Crippen LogP contribution in [0.2, 0.25) is 0 Å². The lowest BCUT2D eigenvalue weighted by Gasteiger charge is -2.28. The van der Waals surface area contributed by atoms with Gasteiger partial charge in [-0.15, -0.1) is 0 Å². The molecule has 3 heterocycles. The van der Waals surface area contributed by atoms with Gasteiger partial charge in [0.1, 0.15) is 12.4 Å². The van der Waals surface area contributed by atoms with E-state index in [1.54, 1.807) is 0 Å². The fraction of sp³-hybridized carbons (Fsp3) is 0.278. The maximum Gasteiger partial charge on any atom is 0.416 e. The van der Waals surface area contributed by atoms with Crippen LogP contribution in [0, 0.1) is 0 Å². The van der Waals surface area contributed by atoms with Gasteiger partial charge in [-0.2, -0.15) is 13.2 Å². The van der Waals surface area contributed by atoms with Gasteiger partial charge in [-0.05, 0) is 17.7 Å². The van der Waals surface area contributed by atoms with Crippen molar-refractivity contribution in [2.75, 3.05) is 11.9 Å². The van der Waals surface area contributed by atoms with Crippen LogP contribution in [0.1, 0.15) is 22.6 Å². The number of cyclic esters (lactones) is 1. The van der Waals surface area contributed by atoms with E-state index in [1.165, 1.54) is 30.8 Å². The van der Waals surface area contributed by atoms with Gasteiger partial charge >= 0.3 is 17.8 Å². The molecule has 4 rings (SSSR count). The molecule has 10 heteroatoms. The van der Waals surface area contributed by atoms with Crippen molar-refractivity contribution in [3.63, 3.8) is 0 Å². The van der Waals surface area contributed by atoms with Gasteiger partial charge in [-0.1, -0.05) is 12.1 Å². The second kappa shape index (κ2) is 5.85. The Bertz CT molecular complexity index is 1160. The van der Waals surface area contributed by atoms with Crippen molar-refractivity contribution in [2.24, 2.45) is 14.1 Å². The number of nitrogens with zero attached hydrogens (tertiary/aromatic N) is 2. The van der Waals surface area contributed by atoms with Crippen LogP contribution in [0.3, 0.4) is 0 Å². The molecule has 0 unspecified atom stereocenters. The second-order valence-electron chi connectivity index (χ2n) is 6.61. The summed E-state index contributed by atoms with van der Waals surface area (Å²) < 4.78 is 45.9. The van der Waals surface area contributed by atoms with E-state index in [4.69, 9.17) is 4.74 Å². The summed E-state index contributed by atoms with van der Waals surface area (Å²) in [5, 5.41) is 2.91. The van der Waals surface area contributed by atoms with Gasteiger partial charge in [0, 0.05) is 14.1 Å². The summed E-state index contributed by atoms with van der Waals surface area (Å²) >= 11 is 0. The predicted octanol–water partition coefficient (Wildman–Crippen LogP) is 1.47. The molecule has 28 heavy (non-hydrogen) atoms. The van der Waals surface area contributed by atoms with Crippen molar-refractivity contribution < 1.29 is 22.7 Å². The number of carbonyl (C=O) groups is 1. The van der Waals surface area contributed by atoms with E-state index in [1.807, 2.05) is 0 Å². The van der Waals surface area contributed by atoms with Gasteiger partial charge in [0.15, 0.2) is 0 Å². The Labute approximate surface area is 155 Å². The van der Waals surface area contributed by atoms with Gasteiger partial charge in [0.25, 0.3) is 5.56 Å². The minimum atomic E-state index is -4.51. The number of carbonyl (C=O) groups excluding carboxylic acids is 1. The van der Waals surface area contributed by atoms with E-state index < -0.39 is 34.9 Å². The van der Waals surface area contributed by atoms with Crippen molar-refractivity contribution in [1.82, 2.24) is 9.13 Å². The quantitative estimate of drug-likeness (QED) is 0.742. The average molecular weight is 393 g/mol. The zero-order chi connectivity index (χ0) is 20.4. The highest BCUT2D eigenvalue weighted by Crippen LogP contribution is 2.42. The third-order valence-corrected chi connectivity index (χ3v) is 5.01. The number of esters is 1. The first-order valence-electron chi connectivity index (χ1n) is 8.25. The molecule has 2 aliphatic heterocycles. The van der Waals surface area contributed by atoms with Crippen LogP contribution >= 0.6 is 0 Å². The van der Waals surface area contributed by atoms with Crippen molar-refractivity contribution >= 4 is 11.8 Å². The summed E-state index contributed by atoms with van der Waals surface area (Å²) in [7, 11) is 2.76. The number of alkyl halides is 3. The van der Waals surface area contributed by atoms with Crippen LogP contribution in [-0.4, -0.2) is 21.7 Å². The Morgan fingerprint density at radius 2 is 1.71 bits per heavy atom. The topological polar surface area (TPSA) is 82.3 Å². The molecular formula is C18H14F3N3O4. The molecule has 7 nitrogen and oxygen atoms in total. The molecule has 0 saturated heterocycles. The number of anilines is 1. The summed E-state index contributed by atoms with van der Waals surface area (Å²) in [4.78, 5) is 37.4. The summed E-state index contributed by atoms with van der Waals surface area (Å²) in [6.07, 6.45) is -4.51. The minimum absolute atomic E-state index is 0.0753. The summed E-state index contributed by atoms with van der Waals surface area (Å²) in [5.41, 5.74) is -1.10. The number of fused-ring (bicyclic) bond motifs is 1. The van der Waals surface area contributed by atoms with E-state index in [9.17, 15) is 27.6 Å². The van der Waals surface area contributed by atoms with Gasteiger partial charge in [0.2, 0.25) is 0 Å². The van der Waals surface area contributed by atoms with Crippen molar-refractivity contribution in [2.45, 2.75) is 12.1 Å². The molecule has 0 radical (unpaired) electrons. The molecule has 0 aliphatic carbocycles. The van der Waals surface area contributed by atoms with Gasteiger partial charge in [-0.25, -0.2) is 9.59 Å². The molecule has 1 aromatic carbocycles. The fourth-order valence-corrected chi connectivity index (χ4v) is 3.58. The van der Waals surface area contributed by atoms with E-state index in [2.05, 4.69) is 5.32 Å². The van der Waals surface area contributed by atoms with E-state index >= 15 is 0 Å². The van der Waals surface area contributed by atoms with E-state index in [0.717, 1.165) is 16.7 Å². The molecule has 2 aliphatic rings. The Morgan fingerprint density at radius 1 is 1.07 bits per heavy atom. The zero-order valence-electron chi connectivity index (χ0n) is 14.8. The third kappa shape index (κ3) is 2.48. The molecule has 2 aromatic rings. The number of aromatic nitrogens is 2. The Morgan fingerprint density at radius 3 is 2.32 bits per heavy atom. The normalized spacial score (nSPS) is 18.5. The van der Waals surface area contributed by atoms with Crippen molar-refractivity contribution in [3.05, 3.63) is 73.1 Å². The molecule has 0 amide bonds. The van der Waals surface area contributed by atoms with Crippen LogP contribution in [0.5, 0.6) is 0 Å². The van der Waals surface area contributed by atoms with E-state index in [0.29, 0.717) is 11.3 Å². The van der Waals surface area contributed by atoms with E-state index in [-0.39, 0.29) is 23.6 Å². The molecule has 1 aromatic heterocycles. The first-order valence-corrected chi connectivity index (χ1v) is 8.25. The molecule has 0 bridgehead atoms. The number of hydrogen-bond acceptors (Lipinski definition) is 5. The maximum atomic E-state index is 12.9. The Hall–Kier alpha value is -3.30. The van der Waals surface area contributed by atoms with Gasteiger partial charge < -0.3 is 10.1 Å². The highest BCUT2D eigenvalue weighted by Gasteiger charge is 2.41. The number of rotatable bonds is 1. The molecule has 1 atom stereocenters. The van der Waals surface area contributed by atoms with Crippen LogP contribution in [0.15, 0.2) is 45.1 Å². The number of ether oxygens (including phenoxy) is 1. The standard InChI is InChI=1S/C18H14F3N3O4/c1-23-14-13(15(25)24(2)17(23)27)11(12-10(22-14)7-28-16(12)26)8-3-5-9(6-4-8)18(19,20)21/h3-6,11,22H,7H2,1-2H3/t11-/m0/s1. The molecule has 1 N–H and O–H groups in total. The van der Waals surface area contributed by atoms with Gasteiger partial charge in [-0.3, -0.25) is 13.9 Å². The Balaban J connectivity index is 1.99.